The molecule has 1 aliphatic heterocycles. The highest BCUT2D eigenvalue weighted by Crippen LogP contribution is 2.46. The van der Waals surface area contributed by atoms with Gasteiger partial charge in [-0.05, 0) is 35.7 Å². The Morgan fingerprint density at radius 2 is 1.76 bits per heavy atom. The molecule has 29 heavy (non-hydrogen) atoms. The number of rotatable bonds is 7. The lowest BCUT2D eigenvalue weighted by molar-refractivity contribution is -0.146. The molecule has 0 N–H and O–H groups in total. The van der Waals surface area contributed by atoms with E-state index in [-0.39, 0.29) is 30.2 Å². The van der Waals surface area contributed by atoms with Crippen molar-refractivity contribution < 1.29 is 19.1 Å². The number of fused-ring (bicyclic) bond motifs is 1. The lowest BCUT2D eigenvalue weighted by Gasteiger charge is -2.23. The number of para-hydroxylation sites is 1. The zero-order chi connectivity index (χ0) is 21.0. The fourth-order valence-corrected chi connectivity index (χ4v) is 3.72. The molecule has 2 aromatic carbocycles. The molecule has 1 heterocycles. The monoisotopic (exact) mass is 393 g/mol. The maximum Gasteiger partial charge on any atom is 0.306 e. The van der Waals surface area contributed by atoms with E-state index in [2.05, 4.69) is 19.9 Å². The number of hydrogen-bond acceptors (Lipinski definition) is 5. The molecule has 0 spiro atoms. The van der Waals surface area contributed by atoms with Gasteiger partial charge in [0.2, 0.25) is 0 Å². The zero-order valence-electron chi connectivity index (χ0n) is 17.4. The summed E-state index contributed by atoms with van der Waals surface area (Å²) in [4.78, 5) is 26.5. The average Bonchev–Trinajstić information content (AvgIpc) is 2.92. The van der Waals surface area contributed by atoms with Crippen molar-refractivity contribution in [3.8, 4) is 5.75 Å². The van der Waals surface area contributed by atoms with Gasteiger partial charge in [0.25, 0.3) is 0 Å². The summed E-state index contributed by atoms with van der Waals surface area (Å²) < 4.78 is 10.3. The average molecular weight is 393 g/mol. The number of ether oxygens (including phenoxy) is 2. The number of carbonyl (C=O) groups is 2. The second-order valence-corrected chi connectivity index (χ2v) is 7.71. The first-order valence-corrected chi connectivity index (χ1v) is 9.69. The standard InChI is InChI=1S/C24H27NO4/c1-24(2)20-7-5-6-8-21(20)25(3)22(24)15-18(26)16-29-23(27)14-11-17-9-12-19(28-4)13-10-17/h5-10,12-13,15H,11,14,16H2,1-4H3. The third-order valence-corrected chi connectivity index (χ3v) is 5.39. The minimum Gasteiger partial charge on any atom is -0.497 e. The van der Waals surface area contributed by atoms with E-state index in [4.69, 9.17) is 9.47 Å². The summed E-state index contributed by atoms with van der Waals surface area (Å²) in [6.07, 6.45) is 2.38. The number of hydrogen-bond donors (Lipinski definition) is 0. The number of ketones is 1. The van der Waals surface area contributed by atoms with E-state index in [9.17, 15) is 9.59 Å². The summed E-state index contributed by atoms with van der Waals surface area (Å²) in [5.74, 6) is 0.178. The van der Waals surface area contributed by atoms with Crippen molar-refractivity contribution in [2.75, 3.05) is 25.7 Å². The summed E-state index contributed by atoms with van der Waals surface area (Å²) in [5, 5.41) is 0. The molecule has 152 valence electrons. The van der Waals surface area contributed by atoms with Crippen molar-refractivity contribution in [1.29, 1.82) is 0 Å². The molecule has 0 saturated carbocycles. The number of likely N-dealkylation sites (N-methyl/N-ethyl adjacent to an activating group) is 1. The molecule has 5 heteroatoms. The first-order chi connectivity index (χ1) is 13.8. The number of carbonyl (C=O) groups excluding carboxylic acids is 2. The quantitative estimate of drug-likeness (QED) is 0.525. The Kier molecular flexibility index (Phi) is 6.06. The molecule has 2 aromatic rings. The number of benzene rings is 2. The molecule has 0 saturated heterocycles. The van der Waals surface area contributed by atoms with Crippen LogP contribution in [0.15, 0.2) is 60.3 Å². The number of aryl methyl sites for hydroxylation is 1. The van der Waals surface area contributed by atoms with Gasteiger partial charge in [-0.1, -0.05) is 44.2 Å². The lowest BCUT2D eigenvalue weighted by atomic mass is 9.83. The van der Waals surface area contributed by atoms with Crippen LogP contribution in [0.3, 0.4) is 0 Å². The molecule has 1 aliphatic rings. The molecule has 0 fully saturated rings. The molecule has 3 rings (SSSR count). The Morgan fingerprint density at radius 1 is 1.07 bits per heavy atom. The van der Waals surface area contributed by atoms with Crippen molar-refractivity contribution in [2.24, 2.45) is 0 Å². The molecule has 0 bridgehead atoms. The van der Waals surface area contributed by atoms with Crippen molar-refractivity contribution in [3.05, 3.63) is 71.4 Å². The minimum absolute atomic E-state index is 0.217. The molecular formula is C24H27NO4. The fraction of sp³-hybridized carbons (Fsp3) is 0.333. The van der Waals surface area contributed by atoms with Crippen LogP contribution in [-0.2, 0) is 26.2 Å². The Morgan fingerprint density at radius 3 is 2.41 bits per heavy atom. The van der Waals surface area contributed by atoms with Crippen LogP contribution in [0.5, 0.6) is 5.75 Å². The fourth-order valence-electron chi connectivity index (χ4n) is 3.72. The Hall–Kier alpha value is -3.08. The first kappa shape index (κ1) is 20.6. The lowest BCUT2D eigenvalue weighted by Crippen LogP contribution is -2.25. The van der Waals surface area contributed by atoms with Crippen molar-refractivity contribution in [3.63, 3.8) is 0 Å². The molecule has 0 unspecified atom stereocenters. The largest absolute Gasteiger partial charge is 0.497 e. The maximum atomic E-state index is 12.4. The maximum absolute atomic E-state index is 12.4. The Bertz CT molecular complexity index is 928. The van der Waals surface area contributed by atoms with E-state index in [1.807, 2.05) is 54.4 Å². The second-order valence-electron chi connectivity index (χ2n) is 7.71. The molecule has 5 nitrogen and oxygen atoms in total. The molecular weight excluding hydrogens is 366 g/mol. The van der Waals surface area contributed by atoms with Gasteiger partial charge in [-0.2, -0.15) is 0 Å². The van der Waals surface area contributed by atoms with Crippen LogP contribution < -0.4 is 9.64 Å². The van der Waals surface area contributed by atoms with Gasteiger partial charge in [0.15, 0.2) is 12.4 Å². The highest BCUT2D eigenvalue weighted by atomic mass is 16.5. The summed E-state index contributed by atoms with van der Waals surface area (Å²) in [5.41, 5.74) is 3.91. The molecule has 0 amide bonds. The third kappa shape index (κ3) is 4.50. The van der Waals surface area contributed by atoms with Crippen LogP contribution in [0.25, 0.3) is 0 Å². The van der Waals surface area contributed by atoms with Crippen LogP contribution in [0.1, 0.15) is 31.4 Å². The predicted octanol–water partition coefficient (Wildman–Crippen LogP) is 4.05. The number of allylic oxidation sites excluding steroid dienone is 1. The summed E-state index contributed by atoms with van der Waals surface area (Å²) in [6, 6.07) is 15.7. The van der Waals surface area contributed by atoms with Gasteiger partial charge in [-0.15, -0.1) is 0 Å². The SMILES string of the molecule is COc1ccc(CCC(=O)OCC(=O)C=C2N(C)c3ccccc3C2(C)C)cc1. The highest BCUT2D eigenvalue weighted by Gasteiger charge is 2.38. The van der Waals surface area contributed by atoms with Gasteiger partial charge in [-0.25, -0.2) is 0 Å². The normalized spacial score (nSPS) is 15.9. The number of anilines is 1. The van der Waals surface area contributed by atoms with Gasteiger partial charge in [-0.3, -0.25) is 9.59 Å². The summed E-state index contributed by atoms with van der Waals surface area (Å²) in [6.45, 7) is 3.94. The topological polar surface area (TPSA) is 55.8 Å². The Balaban J connectivity index is 1.54. The number of methoxy groups -OCH3 is 1. The van der Waals surface area contributed by atoms with E-state index in [1.165, 1.54) is 5.56 Å². The Labute approximate surface area is 171 Å². The van der Waals surface area contributed by atoms with Gasteiger partial charge in [0.1, 0.15) is 5.75 Å². The summed E-state index contributed by atoms with van der Waals surface area (Å²) >= 11 is 0. The van der Waals surface area contributed by atoms with Gasteiger partial charge in [0.05, 0.1) is 7.11 Å². The van der Waals surface area contributed by atoms with E-state index in [0.29, 0.717) is 6.42 Å². The highest BCUT2D eigenvalue weighted by molar-refractivity contribution is 5.94. The molecule has 0 aromatic heterocycles. The summed E-state index contributed by atoms with van der Waals surface area (Å²) in [7, 11) is 3.56. The van der Waals surface area contributed by atoms with Crippen LogP contribution in [0.4, 0.5) is 5.69 Å². The van der Waals surface area contributed by atoms with E-state index >= 15 is 0 Å². The van der Waals surface area contributed by atoms with Gasteiger partial charge >= 0.3 is 5.97 Å². The smallest absolute Gasteiger partial charge is 0.306 e. The molecule has 0 atom stereocenters. The van der Waals surface area contributed by atoms with E-state index < -0.39 is 0 Å². The van der Waals surface area contributed by atoms with Gasteiger partial charge < -0.3 is 14.4 Å². The van der Waals surface area contributed by atoms with Crippen molar-refractivity contribution >= 4 is 17.4 Å². The van der Waals surface area contributed by atoms with E-state index in [0.717, 1.165) is 22.7 Å². The van der Waals surface area contributed by atoms with Crippen LogP contribution in [0, 0.1) is 0 Å². The van der Waals surface area contributed by atoms with E-state index in [1.54, 1.807) is 13.2 Å². The number of nitrogens with zero attached hydrogens (tertiary/aromatic N) is 1. The third-order valence-electron chi connectivity index (χ3n) is 5.39. The molecule has 0 radical (unpaired) electrons. The molecule has 0 aliphatic carbocycles. The zero-order valence-corrected chi connectivity index (χ0v) is 17.4. The predicted molar refractivity (Wildman–Crippen MR) is 113 cm³/mol. The van der Waals surface area contributed by atoms with Crippen LogP contribution >= 0.6 is 0 Å². The number of esters is 1. The van der Waals surface area contributed by atoms with Crippen molar-refractivity contribution in [2.45, 2.75) is 32.1 Å². The second kappa shape index (κ2) is 8.52. The van der Waals surface area contributed by atoms with Gasteiger partial charge in [0, 0.05) is 36.3 Å². The minimum atomic E-state index is -0.380. The van der Waals surface area contributed by atoms with Crippen LogP contribution in [0.2, 0.25) is 0 Å². The van der Waals surface area contributed by atoms with Crippen molar-refractivity contribution in [1.82, 2.24) is 0 Å². The first-order valence-electron chi connectivity index (χ1n) is 9.69. The van der Waals surface area contributed by atoms with Crippen LogP contribution in [-0.4, -0.2) is 32.5 Å².